The molecule has 3 fully saturated rings. The second-order valence-corrected chi connectivity index (χ2v) is 8.14. The molecule has 128 valence electrons. The van der Waals surface area contributed by atoms with Gasteiger partial charge in [0.2, 0.25) is 0 Å². The first-order valence-corrected chi connectivity index (χ1v) is 9.09. The topological polar surface area (TPSA) is 54.6 Å². The van der Waals surface area contributed by atoms with Crippen molar-refractivity contribution in [1.82, 2.24) is 5.32 Å². The molecule has 1 aromatic rings. The fourth-order valence-corrected chi connectivity index (χ4v) is 5.58. The highest BCUT2D eigenvalue weighted by molar-refractivity contribution is 5.27. The van der Waals surface area contributed by atoms with E-state index in [9.17, 15) is 5.11 Å². The van der Waals surface area contributed by atoms with Gasteiger partial charge in [-0.05, 0) is 46.1 Å². The average Bonchev–Trinajstić information content (AvgIpc) is 3.17. The first kappa shape index (κ1) is 15.7. The van der Waals surface area contributed by atoms with Crippen molar-refractivity contribution in [1.29, 1.82) is 0 Å². The monoisotopic (exact) mass is 319 g/mol. The summed E-state index contributed by atoms with van der Waals surface area (Å²) in [6, 6.07) is 2.46. The van der Waals surface area contributed by atoms with Gasteiger partial charge in [0, 0.05) is 36.1 Å². The molecule has 1 saturated heterocycles. The number of nitrogens with one attached hydrogen (secondary N) is 1. The van der Waals surface area contributed by atoms with Crippen molar-refractivity contribution in [3.63, 3.8) is 0 Å². The van der Waals surface area contributed by atoms with Gasteiger partial charge in [-0.2, -0.15) is 0 Å². The second-order valence-electron chi connectivity index (χ2n) is 8.14. The normalized spacial score (nSPS) is 34.3. The number of hydrogen-bond donors (Lipinski definition) is 2. The van der Waals surface area contributed by atoms with E-state index >= 15 is 0 Å². The van der Waals surface area contributed by atoms with Crippen molar-refractivity contribution in [2.24, 2.45) is 11.3 Å². The molecule has 4 nitrogen and oxygen atoms in total. The van der Waals surface area contributed by atoms with Gasteiger partial charge in [-0.1, -0.05) is 12.8 Å². The first-order valence-electron chi connectivity index (χ1n) is 9.09. The van der Waals surface area contributed by atoms with Crippen LogP contribution in [0.5, 0.6) is 0 Å². The van der Waals surface area contributed by atoms with E-state index in [1.807, 2.05) is 26.8 Å². The van der Waals surface area contributed by atoms with Crippen molar-refractivity contribution >= 4 is 0 Å². The van der Waals surface area contributed by atoms with Crippen LogP contribution in [0.4, 0.5) is 0 Å². The molecule has 2 heterocycles. The number of ether oxygens (including phenoxy) is 1. The highest BCUT2D eigenvalue weighted by Crippen LogP contribution is 2.60. The lowest BCUT2D eigenvalue weighted by Gasteiger charge is -2.57. The minimum absolute atomic E-state index is 0.332. The van der Waals surface area contributed by atoms with Crippen LogP contribution < -0.4 is 5.32 Å². The number of aliphatic hydroxyl groups is 1. The van der Waals surface area contributed by atoms with Gasteiger partial charge in [0.05, 0.1) is 6.10 Å². The lowest BCUT2D eigenvalue weighted by Crippen LogP contribution is -2.68. The van der Waals surface area contributed by atoms with Gasteiger partial charge in [-0.25, -0.2) is 0 Å². The summed E-state index contributed by atoms with van der Waals surface area (Å²) in [5.41, 5.74) is 0.339. The molecule has 4 rings (SSSR count). The molecule has 2 N–H and O–H groups in total. The molecule has 4 unspecified atom stereocenters. The molecule has 0 amide bonds. The molecule has 0 bridgehead atoms. The maximum absolute atomic E-state index is 11.0. The van der Waals surface area contributed by atoms with Gasteiger partial charge in [-0.3, -0.25) is 0 Å². The van der Waals surface area contributed by atoms with E-state index in [2.05, 4.69) is 5.32 Å². The molecule has 23 heavy (non-hydrogen) atoms. The quantitative estimate of drug-likeness (QED) is 0.895. The van der Waals surface area contributed by atoms with E-state index in [1.54, 1.807) is 0 Å². The van der Waals surface area contributed by atoms with Crippen LogP contribution in [-0.2, 0) is 10.3 Å². The van der Waals surface area contributed by atoms with Crippen molar-refractivity contribution in [3.05, 3.63) is 23.2 Å². The van der Waals surface area contributed by atoms with E-state index in [-0.39, 0.29) is 0 Å². The van der Waals surface area contributed by atoms with Gasteiger partial charge in [0.15, 0.2) is 0 Å². The second kappa shape index (κ2) is 5.33. The Morgan fingerprint density at radius 2 is 2.09 bits per heavy atom. The van der Waals surface area contributed by atoms with E-state index < -0.39 is 5.60 Å². The van der Waals surface area contributed by atoms with Crippen molar-refractivity contribution in [2.75, 3.05) is 13.2 Å². The maximum Gasteiger partial charge on any atom is 0.107 e. The summed E-state index contributed by atoms with van der Waals surface area (Å²) in [7, 11) is 0. The smallest absolute Gasteiger partial charge is 0.107 e. The molecule has 1 spiro atoms. The van der Waals surface area contributed by atoms with Crippen molar-refractivity contribution < 1.29 is 14.3 Å². The van der Waals surface area contributed by atoms with Crippen LogP contribution in [0.3, 0.4) is 0 Å². The Kier molecular flexibility index (Phi) is 3.63. The third-order valence-corrected chi connectivity index (χ3v) is 6.57. The Hall–Kier alpha value is -0.840. The van der Waals surface area contributed by atoms with Crippen molar-refractivity contribution in [2.45, 2.75) is 70.6 Å². The van der Waals surface area contributed by atoms with Crippen LogP contribution >= 0.6 is 0 Å². The zero-order valence-corrected chi connectivity index (χ0v) is 14.5. The molecular formula is C19H29NO3. The van der Waals surface area contributed by atoms with Crippen LogP contribution in [0.2, 0.25) is 0 Å². The lowest BCUT2D eigenvalue weighted by molar-refractivity contribution is -0.134. The van der Waals surface area contributed by atoms with E-state index in [4.69, 9.17) is 9.15 Å². The van der Waals surface area contributed by atoms with Gasteiger partial charge in [-0.15, -0.1) is 0 Å². The van der Waals surface area contributed by atoms with Gasteiger partial charge in [0.25, 0.3) is 0 Å². The molecule has 1 aliphatic heterocycles. The fraction of sp³-hybridized carbons (Fsp3) is 0.789. The fourth-order valence-electron chi connectivity index (χ4n) is 5.58. The summed E-state index contributed by atoms with van der Waals surface area (Å²) in [6.45, 7) is 7.23. The molecule has 1 aromatic heterocycles. The number of fused-ring (bicyclic) bond motifs is 2. The number of rotatable bonds is 4. The third-order valence-electron chi connectivity index (χ3n) is 6.57. The van der Waals surface area contributed by atoms with E-state index in [0.29, 0.717) is 30.0 Å². The number of furan rings is 1. The SMILES string of the molecule is Cc1cc(C(C)(O)CNC2C3CCOC3C23CCCC3)c(C)o1. The number of hydrogen-bond acceptors (Lipinski definition) is 4. The average molecular weight is 319 g/mol. The lowest BCUT2D eigenvalue weighted by atomic mass is 9.54. The predicted octanol–water partition coefficient (Wildman–Crippen LogP) is 3.04. The predicted molar refractivity (Wildman–Crippen MR) is 88.3 cm³/mol. The summed E-state index contributed by atoms with van der Waals surface area (Å²) >= 11 is 0. The molecule has 4 atom stereocenters. The minimum Gasteiger partial charge on any atom is -0.466 e. The Labute approximate surface area is 138 Å². The zero-order chi connectivity index (χ0) is 16.2. The highest BCUT2D eigenvalue weighted by atomic mass is 16.5. The Balaban J connectivity index is 1.48. The van der Waals surface area contributed by atoms with Crippen LogP contribution in [0, 0.1) is 25.2 Å². The van der Waals surface area contributed by atoms with Gasteiger partial charge in [0.1, 0.15) is 17.1 Å². The number of aryl methyl sites for hydroxylation is 2. The Morgan fingerprint density at radius 3 is 2.74 bits per heavy atom. The molecule has 2 aliphatic carbocycles. The summed E-state index contributed by atoms with van der Waals surface area (Å²) < 4.78 is 11.6. The molecule has 2 saturated carbocycles. The summed E-state index contributed by atoms with van der Waals surface area (Å²) in [6.07, 6.45) is 6.82. The van der Waals surface area contributed by atoms with Gasteiger partial charge >= 0.3 is 0 Å². The standard InChI is InChI=1S/C19H29NO3/c1-12-10-15(13(2)23-12)18(3,21)11-20-16-14-6-9-22-17(14)19(16)7-4-5-8-19/h10,14,16-17,20-21H,4-9,11H2,1-3H3. The largest absolute Gasteiger partial charge is 0.466 e. The molecule has 0 aromatic carbocycles. The summed E-state index contributed by atoms with van der Waals surface area (Å²) in [5, 5.41) is 14.7. The first-order chi connectivity index (χ1) is 10.9. The minimum atomic E-state index is -0.897. The summed E-state index contributed by atoms with van der Waals surface area (Å²) in [4.78, 5) is 0. The van der Waals surface area contributed by atoms with E-state index in [1.165, 1.54) is 25.7 Å². The third kappa shape index (κ3) is 2.30. The van der Waals surface area contributed by atoms with Crippen LogP contribution in [0.1, 0.15) is 56.1 Å². The highest BCUT2D eigenvalue weighted by Gasteiger charge is 2.64. The van der Waals surface area contributed by atoms with Crippen LogP contribution in [0.25, 0.3) is 0 Å². The van der Waals surface area contributed by atoms with Crippen LogP contribution in [0.15, 0.2) is 10.5 Å². The Bertz CT molecular complexity index is 585. The van der Waals surface area contributed by atoms with Gasteiger partial charge < -0.3 is 19.6 Å². The van der Waals surface area contributed by atoms with E-state index in [0.717, 1.165) is 30.1 Å². The molecule has 0 radical (unpaired) electrons. The zero-order valence-electron chi connectivity index (χ0n) is 14.5. The van der Waals surface area contributed by atoms with Crippen LogP contribution in [-0.4, -0.2) is 30.4 Å². The maximum atomic E-state index is 11.0. The Morgan fingerprint density at radius 1 is 1.35 bits per heavy atom. The molecule has 3 aliphatic rings. The molecule has 4 heteroatoms. The molecular weight excluding hydrogens is 290 g/mol. The van der Waals surface area contributed by atoms with Crippen molar-refractivity contribution in [3.8, 4) is 0 Å². The summed E-state index contributed by atoms with van der Waals surface area (Å²) in [5.74, 6) is 2.31.